The Kier molecular flexibility index (Phi) is 4.34. The van der Waals surface area contributed by atoms with Crippen LogP contribution in [0.4, 0.5) is 0 Å². The minimum Gasteiger partial charge on any atom is -0.480 e. The van der Waals surface area contributed by atoms with Crippen LogP contribution in [0.25, 0.3) is 0 Å². The molecule has 0 spiro atoms. The minimum absolute atomic E-state index is 0.0677. The van der Waals surface area contributed by atoms with E-state index in [0.717, 1.165) is 0 Å². The minimum atomic E-state index is -1.08. The summed E-state index contributed by atoms with van der Waals surface area (Å²) >= 11 is 8.73. The molecule has 0 aliphatic carbocycles. The normalized spacial score (nSPS) is 21.9. The molecule has 3 N–H and O–H groups in total. The summed E-state index contributed by atoms with van der Waals surface area (Å²) in [7, 11) is 0. The quantitative estimate of drug-likeness (QED) is 0.401. The Morgan fingerprint density at radius 1 is 1.73 bits per heavy atom. The Labute approximate surface area is 98.0 Å². The first-order valence-electron chi connectivity index (χ1n) is 4.48. The standard InChI is InChI=1S/C8H12N2O3S2/c11-7(4-1-2-6(15)9-4)10-5(3-14)8(12)13/h4-5,14H,1-3H2,(H,9,15)(H,10,11)(H,12,13)/t4-,5-/m0/s1. The number of thiocarbonyl (C=S) groups is 1. The predicted molar refractivity (Wildman–Crippen MR) is 62.2 cm³/mol. The fourth-order valence-corrected chi connectivity index (χ4v) is 1.78. The molecule has 5 nitrogen and oxygen atoms in total. The van der Waals surface area contributed by atoms with Crippen molar-refractivity contribution in [3.63, 3.8) is 0 Å². The molecule has 0 saturated carbocycles. The van der Waals surface area contributed by atoms with E-state index in [1.54, 1.807) is 0 Å². The van der Waals surface area contributed by atoms with E-state index in [0.29, 0.717) is 17.8 Å². The largest absolute Gasteiger partial charge is 0.480 e. The first-order chi connectivity index (χ1) is 7.04. The number of aliphatic carboxylic acids is 1. The highest BCUT2D eigenvalue weighted by atomic mass is 32.1. The summed E-state index contributed by atoms with van der Waals surface area (Å²) in [4.78, 5) is 22.8. The molecule has 84 valence electrons. The van der Waals surface area contributed by atoms with Crippen LogP contribution in [-0.2, 0) is 9.59 Å². The molecule has 1 heterocycles. The van der Waals surface area contributed by atoms with Crippen LogP contribution < -0.4 is 10.6 Å². The first-order valence-corrected chi connectivity index (χ1v) is 5.52. The highest BCUT2D eigenvalue weighted by Crippen LogP contribution is 2.08. The lowest BCUT2D eigenvalue weighted by atomic mass is 10.2. The topological polar surface area (TPSA) is 78.4 Å². The fraction of sp³-hybridized carbons (Fsp3) is 0.625. The summed E-state index contributed by atoms with van der Waals surface area (Å²) in [5.41, 5.74) is 0. The van der Waals surface area contributed by atoms with Crippen molar-refractivity contribution in [3.8, 4) is 0 Å². The van der Waals surface area contributed by atoms with Crippen LogP contribution in [0.2, 0.25) is 0 Å². The number of amides is 1. The van der Waals surface area contributed by atoms with Gasteiger partial charge in [0.15, 0.2) is 0 Å². The van der Waals surface area contributed by atoms with Gasteiger partial charge in [-0.25, -0.2) is 4.79 Å². The van der Waals surface area contributed by atoms with E-state index in [4.69, 9.17) is 17.3 Å². The summed E-state index contributed by atoms with van der Waals surface area (Å²) in [5.74, 6) is -1.35. The lowest BCUT2D eigenvalue weighted by Gasteiger charge is -2.15. The van der Waals surface area contributed by atoms with Crippen molar-refractivity contribution in [2.24, 2.45) is 0 Å². The van der Waals surface area contributed by atoms with Crippen molar-refractivity contribution in [1.29, 1.82) is 0 Å². The van der Waals surface area contributed by atoms with E-state index in [1.807, 2.05) is 0 Å². The van der Waals surface area contributed by atoms with E-state index in [2.05, 4.69) is 23.3 Å². The van der Waals surface area contributed by atoms with Crippen LogP contribution in [0.3, 0.4) is 0 Å². The number of carbonyl (C=O) groups is 2. The summed E-state index contributed by atoms with van der Waals surface area (Å²) in [6.07, 6.45) is 1.29. The molecule has 7 heteroatoms. The average Bonchev–Trinajstić information content (AvgIpc) is 2.60. The van der Waals surface area contributed by atoms with Gasteiger partial charge in [-0.3, -0.25) is 4.79 Å². The molecular formula is C8H12N2O3S2. The smallest absolute Gasteiger partial charge is 0.327 e. The third kappa shape index (κ3) is 3.35. The van der Waals surface area contributed by atoms with Gasteiger partial charge in [-0.15, -0.1) is 0 Å². The number of hydrogen-bond donors (Lipinski definition) is 4. The maximum absolute atomic E-state index is 11.5. The lowest BCUT2D eigenvalue weighted by Crippen LogP contribution is -2.49. The van der Waals surface area contributed by atoms with Crippen LogP contribution in [0.15, 0.2) is 0 Å². The monoisotopic (exact) mass is 248 g/mol. The number of rotatable bonds is 4. The van der Waals surface area contributed by atoms with E-state index in [-0.39, 0.29) is 11.7 Å². The van der Waals surface area contributed by atoms with Gasteiger partial charge >= 0.3 is 5.97 Å². The van der Waals surface area contributed by atoms with Crippen LogP contribution in [-0.4, -0.2) is 39.8 Å². The zero-order valence-electron chi connectivity index (χ0n) is 7.90. The molecule has 1 saturated heterocycles. The number of carboxylic acid groups (broad SMARTS) is 1. The molecule has 1 aliphatic rings. The van der Waals surface area contributed by atoms with Crippen molar-refractivity contribution in [1.82, 2.24) is 10.6 Å². The van der Waals surface area contributed by atoms with Crippen molar-refractivity contribution < 1.29 is 14.7 Å². The molecule has 0 aromatic carbocycles. The molecule has 1 amide bonds. The molecule has 0 unspecified atom stereocenters. The van der Waals surface area contributed by atoms with Gasteiger partial charge in [0.2, 0.25) is 5.91 Å². The van der Waals surface area contributed by atoms with E-state index < -0.39 is 18.1 Å². The molecule has 0 aromatic heterocycles. The molecule has 1 fully saturated rings. The molecule has 0 bridgehead atoms. The number of carboxylic acids is 1. The Morgan fingerprint density at radius 2 is 2.40 bits per heavy atom. The van der Waals surface area contributed by atoms with E-state index in [9.17, 15) is 9.59 Å². The van der Waals surface area contributed by atoms with E-state index >= 15 is 0 Å². The van der Waals surface area contributed by atoms with Crippen LogP contribution in [0.1, 0.15) is 12.8 Å². The van der Waals surface area contributed by atoms with Crippen molar-refractivity contribution in [2.75, 3.05) is 5.75 Å². The van der Waals surface area contributed by atoms with Crippen LogP contribution in [0, 0.1) is 0 Å². The molecule has 0 radical (unpaired) electrons. The SMILES string of the molecule is O=C(O)[C@H](CS)NC(=O)[C@@H]1CCC(=S)N1. The van der Waals surface area contributed by atoms with Gasteiger partial charge in [-0.2, -0.15) is 12.6 Å². The van der Waals surface area contributed by atoms with Gasteiger partial charge in [0.05, 0.1) is 4.99 Å². The van der Waals surface area contributed by atoms with Gasteiger partial charge in [0, 0.05) is 12.2 Å². The number of carbonyl (C=O) groups excluding carboxylic acids is 1. The zero-order chi connectivity index (χ0) is 11.4. The van der Waals surface area contributed by atoms with Crippen LogP contribution in [0.5, 0.6) is 0 Å². The average molecular weight is 248 g/mol. The summed E-state index contributed by atoms with van der Waals surface area (Å²) in [5, 5.41) is 13.9. The van der Waals surface area contributed by atoms with E-state index in [1.165, 1.54) is 0 Å². The molecule has 1 aliphatic heterocycles. The summed E-state index contributed by atoms with van der Waals surface area (Å²) in [6, 6.07) is -1.35. The lowest BCUT2D eigenvalue weighted by molar-refractivity contribution is -0.141. The van der Waals surface area contributed by atoms with Gasteiger partial charge in [0.1, 0.15) is 12.1 Å². The third-order valence-corrected chi connectivity index (χ3v) is 2.80. The number of hydrogen-bond acceptors (Lipinski definition) is 4. The highest BCUT2D eigenvalue weighted by Gasteiger charge is 2.28. The highest BCUT2D eigenvalue weighted by molar-refractivity contribution is 7.80. The third-order valence-electron chi connectivity index (χ3n) is 2.11. The molecule has 1 rings (SSSR count). The molecule has 15 heavy (non-hydrogen) atoms. The van der Waals surface area contributed by atoms with Crippen molar-refractivity contribution in [2.45, 2.75) is 24.9 Å². The van der Waals surface area contributed by atoms with Gasteiger partial charge in [-0.1, -0.05) is 12.2 Å². The van der Waals surface area contributed by atoms with Gasteiger partial charge < -0.3 is 15.7 Å². The Hall–Kier alpha value is -0.820. The Balaban J connectivity index is 2.47. The fourth-order valence-electron chi connectivity index (χ4n) is 1.27. The molecular weight excluding hydrogens is 236 g/mol. The Bertz CT molecular complexity index is 296. The zero-order valence-corrected chi connectivity index (χ0v) is 9.61. The van der Waals surface area contributed by atoms with Gasteiger partial charge in [-0.05, 0) is 6.42 Å². The molecule has 2 atom stereocenters. The molecule has 0 aromatic rings. The second kappa shape index (κ2) is 5.32. The van der Waals surface area contributed by atoms with Crippen LogP contribution >= 0.6 is 24.8 Å². The second-order valence-electron chi connectivity index (χ2n) is 3.24. The summed E-state index contributed by atoms with van der Waals surface area (Å²) in [6.45, 7) is 0. The van der Waals surface area contributed by atoms with Crippen molar-refractivity contribution in [3.05, 3.63) is 0 Å². The Morgan fingerprint density at radius 3 is 2.80 bits per heavy atom. The predicted octanol–water partition coefficient (Wildman–Crippen LogP) is -0.435. The van der Waals surface area contributed by atoms with Gasteiger partial charge in [0.25, 0.3) is 0 Å². The maximum Gasteiger partial charge on any atom is 0.327 e. The number of nitrogens with one attached hydrogen (secondary N) is 2. The van der Waals surface area contributed by atoms with Crippen molar-refractivity contribution >= 4 is 41.7 Å². The number of thiol groups is 1. The first kappa shape index (κ1) is 12.3. The summed E-state index contributed by atoms with van der Waals surface area (Å²) < 4.78 is 0. The maximum atomic E-state index is 11.5. The second-order valence-corrected chi connectivity index (χ2v) is 4.10.